The van der Waals surface area contributed by atoms with Gasteiger partial charge in [-0.15, -0.1) is 0 Å². The van der Waals surface area contributed by atoms with E-state index in [1.165, 1.54) is 22.9 Å². The van der Waals surface area contributed by atoms with Crippen LogP contribution in [0.2, 0.25) is 0 Å². The molecule has 3 rings (SSSR count). The zero-order valence-corrected chi connectivity index (χ0v) is 14.6. The number of hydrogen-bond donors (Lipinski definition) is 0. The minimum Gasteiger partial charge on any atom is -0.374 e. The summed E-state index contributed by atoms with van der Waals surface area (Å²) in [5, 5.41) is 2.34. The van der Waals surface area contributed by atoms with E-state index in [2.05, 4.69) is 24.3 Å². The van der Waals surface area contributed by atoms with Crippen LogP contribution in [0, 0.1) is 0 Å². The van der Waals surface area contributed by atoms with E-state index in [9.17, 15) is 13.2 Å². The van der Waals surface area contributed by atoms with Gasteiger partial charge in [0, 0.05) is 6.61 Å². The molecule has 0 bridgehead atoms. The molecule has 0 N–H and O–H groups in total. The fourth-order valence-electron chi connectivity index (χ4n) is 3.13. The molecule has 0 saturated heterocycles. The molecule has 1 unspecified atom stereocenters. The average Bonchev–Trinajstić information content (AvgIpc) is 2.64. The van der Waals surface area contributed by atoms with Gasteiger partial charge in [-0.3, -0.25) is 0 Å². The maximum atomic E-state index is 12.8. The van der Waals surface area contributed by atoms with Crippen molar-refractivity contribution in [2.24, 2.45) is 0 Å². The highest BCUT2D eigenvalue weighted by Gasteiger charge is 2.30. The van der Waals surface area contributed by atoms with Crippen molar-refractivity contribution in [3.63, 3.8) is 0 Å². The fourth-order valence-corrected chi connectivity index (χ4v) is 3.13. The summed E-state index contributed by atoms with van der Waals surface area (Å²) in [5.74, 6) is 0. The molecule has 1 atom stereocenters. The quantitative estimate of drug-likeness (QED) is 0.453. The number of ether oxygens (including phenoxy) is 1. The van der Waals surface area contributed by atoms with Gasteiger partial charge in [0.15, 0.2) is 0 Å². The number of alkyl halides is 3. The summed E-state index contributed by atoms with van der Waals surface area (Å²) in [6.07, 6.45) is -3.12. The van der Waals surface area contributed by atoms with Crippen LogP contribution in [0.25, 0.3) is 10.8 Å². The van der Waals surface area contributed by atoms with Gasteiger partial charge in [0.05, 0.1) is 11.7 Å². The molecule has 0 aliphatic rings. The Hall–Kier alpha value is -2.33. The van der Waals surface area contributed by atoms with Crippen molar-refractivity contribution in [2.75, 3.05) is 6.61 Å². The van der Waals surface area contributed by atoms with Crippen molar-refractivity contribution < 1.29 is 17.9 Å². The fraction of sp³-hybridized carbons (Fsp3) is 0.273. The van der Waals surface area contributed by atoms with Gasteiger partial charge in [-0.2, -0.15) is 13.2 Å². The molecule has 0 radical (unpaired) electrons. The van der Waals surface area contributed by atoms with E-state index in [0.717, 1.165) is 11.6 Å². The summed E-state index contributed by atoms with van der Waals surface area (Å²) >= 11 is 0. The van der Waals surface area contributed by atoms with Gasteiger partial charge >= 0.3 is 6.18 Å². The Balaban J connectivity index is 1.57. The zero-order valence-electron chi connectivity index (χ0n) is 14.6. The first-order chi connectivity index (χ1) is 12.4. The van der Waals surface area contributed by atoms with Gasteiger partial charge in [-0.1, -0.05) is 60.7 Å². The predicted molar refractivity (Wildman–Crippen MR) is 98.1 cm³/mol. The summed E-state index contributed by atoms with van der Waals surface area (Å²) in [7, 11) is 0. The molecule has 136 valence electrons. The molecule has 0 fully saturated rings. The van der Waals surface area contributed by atoms with Crippen LogP contribution in [-0.2, 0) is 17.3 Å². The second-order valence-corrected chi connectivity index (χ2v) is 6.38. The highest BCUT2D eigenvalue weighted by molar-refractivity contribution is 5.85. The van der Waals surface area contributed by atoms with Crippen molar-refractivity contribution in [3.8, 4) is 0 Å². The van der Waals surface area contributed by atoms with Crippen molar-refractivity contribution in [3.05, 3.63) is 83.4 Å². The minimum atomic E-state index is -4.30. The molecule has 0 saturated carbocycles. The molecule has 4 heteroatoms. The SMILES string of the molecule is CC(OCCCc1cccc(C(F)(F)F)c1)c1cccc2ccccc12. The Morgan fingerprint density at radius 3 is 2.46 bits per heavy atom. The lowest BCUT2D eigenvalue weighted by Crippen LogP contribution is -2.06. The van der Waals surface area contributed by atoms with E-state index < -0.39 is 11.7 Å². The third-order valence-electron chi connectivity index (χ3n) is 4.49. The summed E-state index contributed by atoms with van der Waals surface area (Å²) in [4.78, 5) is 0. The molecule has 0 aromatic heterocycles. The van der Waals surface area contributed by atoms with Crippen molar-refractivity contribution >= 4 is 10.8 Å². The summed E-state index contributed by atoms with van der Waals surface area (Å²) < 4.78 is 44.2. The second-order valence-electron chi connectivity index (χ2n) is 6.38. The molecule has 0 aliphatic carbocycles. The highest BCUT2D eigenvalue weighted by Crippen LogP contribution is 2.30. The standard InChI is InChI=1S/C22H21F3O/c1-16(20-13-5-10-18-9-2-3-12-21(18)20)26-14-6-8-17-7-4-11-19(15-17)22(23,24)25/h2-5,7,9-13,15-16H,6,8,14H2,1H3. The number of benzene rings is 3. The van der Waals surface area contributed by atoms with Gasteiger partial charge in [0.25, 0.3) is 0 Å². The highest BCUT2D eigenvalue weighted by atomic mass is 19.4. The summed E-state index contributed by atoms with van der Waals surface area (Å²) in [6, 6.07) is 19.8. The van der Waals surface area contributed by atoms with Gasteiger partial charge in [0.2, 0.25) is 0 Å². The Bertz CT molecular complexity index is 865. The van der Waals surface area contributed by atoms with Crippen LogP contribution in [0.1, 0.15) is 36.1 Å². The van der Waals surface area contributed by atoms with Crippen LogP contribution >= 0.6 is 0 Å². The minimum absolute atomic E-state index is 0.0670. The first kappa shape index (κ1) is 18.5. The van der Waals surface area contributed by atoms with Crippen LogP contribution in [0.15, 0.2) is 66.7 Å². The first-order valence-electron chi connectivity index (χ1n) is 8.70. The molecule has 0 aliphatic heterocycles. The van der Waals surface area contributed by atoms with E-state index in [-0.39, 0.29) is 6.10 Å². The Morgan fingerprint density at radius 2 is 1.65 bits per heavy atom. The van der Waals surface area contributed by atoms with Gasteiger partial charge in [-0.25, -0.2) is 0 Å². The maximum absolute atomic E-state index is 12.8. The lowest BCUT2D eigenvalue weighted by Gasteiger charge is -2.16. The molecular weight excluding hydrogens is 337 g/mol. The van der Waals surface area contributed by atoms with Crippen LogP contribution in [-0.4, -0.2) is 6.61 Å². The van der Waals surface area contributed by atoms with Gasteiger partial charge < -0.3 is 4.74 Å². The Morgan fingerprint density at radius 1 is 0.923 bits per heavy atom. The topological polar surface area (TPSA) is 9.23 Å². The first-order valence-corrected chi connectivity index (χ1v) is 8.70. The van der Waals surface area contributed by atoms with Crippen LogP contribution in [0.3, 0.4) is 0 Å². The molecule has 0 amide bonds. The number of rotatable bonds is 6. The van der Waals surface area contributed by atoms with Crippen LogP contribution < -0.4 is 0 Å². The summed E-state index contributed by atoms with van der Waals surface area (Å²) in [5.41, 5.74) is 1.21. The third-order valence-corrected chi connectivity index (χ3v) is 4.49. The van der Waals surface area contributed by atoms with Gasteiger partial charge in [0.1, 0.15) is 0 Å². The van der Waals surface area contributed by atoms with E-state index >= 15 is 0 Å². The lowest BCUT2D eigenvalue weighted by atomic mass is 10.0. The van der Waals surface area contributed by atoms with Crippen LogP contribution in [0.5, 0.6) is 0 Å². The third kappa shape index (κ3) is 4.44. The van der Waals surface area contributed by atoms with Crippen molar-refractivity contribution in [1.82, 2.24) is 0 Å². The lowest BCUT2D eigenvalue weighted by molar-refractivity contribution is -0.137. The van der Waals surface area contributed by atoms with E-state index in [1.807, 2.05) is 25.1 Å². The monoisotopic (exact) mass is 358 g/mol. The van der Waals surface area contributed by atoms with E-state index in [1.54, 1.807) is 6.07 Å². The molecule has 3 aromatic carbocycles. The number of halogens is 3. The maximum Gasteiger partial charge on any atom is 0.416 e. The smallest absolute Gasteiger partial charge is 0.374 e. The van der Waals surface area contributed by atoms with Crippen molar-refractivity contribution in [1.29, 1.82) is 0 Å². The average molecular weight is 358 g/mol. The predicted octanol–water partition coefficient (Wildman–Crippen LogP) is 6.57. The van der Waals surface area contributed by atoms with Crippen LogP contribution in [0.4, 0.5) is 13.2 Å². The summed E-state index contributed by atoms with van der Waals surface area (Å²) in [6.45, 7) is 2.51. The zero-order chi connectivity index (χ0) is 18.6. The molecular formula is C22H21F3O. The second kappa shape index (κ2) is 7.92. The molecule has 0 spiro atoms. The largest absolute Gasteiger partial charge is 0.416 e. The molecule has 1 nitrogen and oxygen atoms in total. The number of hydrogen-bond acceptors (Lipinski definition) is 1. The number of aryl methyl sites for hydroxylation is 1. The number of fused-ring (bicyclic) bond motifs is 1. The molecule has 26 heavy (non-hydrogen) atoms. The molecule has 3 aromatic rings. The Labute approximate surface area is 151 Å². The van der Waals surface area contributed by atoms with Gasteiger partial charge in [-0.05, 0) is 47.7 Å². The normalized spacial score (nSPS) is 13.1. The van der Waals surface area contributed by atoms with Crippen molar-refractivity contribution in [2.45, 2.75) is 32.0 Å². The molecule has 0 heterocycles. The van der Waals surface area contributed by atoms with E-state index in [0.29, 0.717) is 25.0 Å². The van der Waals surface area contributed by atoms with E-state index in [4.69, 9.17) is 4.74 Å². The Kier molecular flexibility index (Phi) is 5.62.